The van der Waals surface area contributed by atoms with Crippen LogP contribution in [0.5, 0.6) is 0 Å². The molecule has 0 aromatic heterocycles. The molecule has 0 fully saturated rings. The van der Waals surface area contributed by atoms with E-state index in [1.807, 2.05) is 6.92 Å². The smallest absolute Gasteiger partial charge is 0.373 e. The molecule has 1 aliphatic rings. The number of Topliss-reactive ketones (excluding diaryl/α,β-unsaturated/α-hetero) is 1. The predicted molar refractivity (Wildman–Crippen MR) is 96.4 cm³/mol. The standard InChI is InChI=1S/C18H17NO5S.CO2/c1-12-7-9-14(10-8-12)16-15(20)17(18(19)23-16)24-25(21,22)11-13-5-3-2-4-6-13;2-1-3/h2-10,16H,11,19H2,1H3;/i11D2,16D;. The molecule has 9 heteroatoms. The molecule has 3 rings (SSSR count). The monoisotopic (exact) mass is 406 g/mol. The molecule has 0 saturated heterocycles. The molecule has 2 N–H and O–H groups in total. The van der Waals surface area contributed by atoms with Gasteiger partial charge in [-0.05, 0) is 12.5 Å². The minimum atomic E-state index is -4.99. The summed E-state index contributed by atoms with van der Waals surface area (Å²) < 4.78 is 59.2. The zero-order chi connectivity index (χ0) is 23.4. The summed E-state index contributed by atoms with van der Waals surface area (Å²) in [5.74, 6) is -2.76. The Bertz CT molecular complexity index is 1140. The summed E-state index contributed by atoms with van der Waals surface area (Å²) in [6.45, 7) is 1.82. The van der Waals surface area contributed by atoms with E-state index in [1.165, 1.54) is 36.4 Å². The van der Waals surface area contributed by atoms with E-state index in [-0.39, 0.29) is 17.3 Å². The average molecular weight is 406 g/mol. The average Bonchev–Trinajstić information content (AvgIpc) is 2.93. The molecule has 1 heterocycles. The van der Waals surface area contributed by atoms with Crippen molar-refractivity contribution >= 4 is 22.1 Å². The van der Waals surface area contributed by atoms with Crippen LogP contribution in [-0.2, 0) is 39.1 Å². The first kappa shape index (κ1) is 16.7. The van der Waals surface area contributed by atoms with Crippen LogP contribution in [0.1, 0.15) is 26.9 Å². The van der Waals surface area contributed by atoms with Gasteiger partial charge in [-0.15, -0.1) is 0 Å². The topological polar surface area (TPSA) is 130 Å². The normalized spacial score (nSPS) is 20.6. The molecule has 0 bridgehead atoms. The zero-order valence-electron chi connectivity index (χ0n) is 17.5. The number of rotatable bonds is 5. The summed E-state index contributed by atoms with van der Waals surface area (Å²) >= 11 is 0. The number of hydrogen-bond donors (Lipinski definition) is 1. The molecular weight excluding hydrogens is 386 g/mol. The third-order valence-corrected chi connectivity index (χ3v) is 4.24. The molecule has 28 heavy (non-hydrogen) atoms. The maximum atomic E-state index is 12.7. The lowest BCUT2D eigenvalue weighted by Gasteiger charge is -2.10. The minimum Gasteiger partial charge on any atom is -0.460 e. The summed E-state index contributed by atoms with van der Waals surface area (Å²) in [6.07, 6.45) is -2.07. The fraction of sp³-hybridized carbons (Fsp3) is 0.158. The van der Waals surface area contributed by atoms with Crippen molar-refractivity contribution in [2.75, 3.05) is 0 Å². The summed E-state index contributed by atoms with van der Waals surface area (Å²) in [6, 6.07) is 13.3. The Morgan fingerprint density at radius 3 is 2.32 bits per heavy atom. The van der Waals surface area contributed by atoms with Crippen LogP contribution in [0.3, 0.4) is 0 Å². The van der Waals surface area contributed by atoms with Crippen LogP contribution in [0.4, 0.5) is 0 Å². The van der Waals surface area contributed by atoms with Crippen molar-refractivity contribution in [1.29, 1.82) is 0 Å². The molecule has 0 amide bonds. The van der Waals surface area contributed by atoms with E-state index >= 15 is 0 Å². The van der Waals surface area contributed by atoms with E-state index in [1.54, 1.807) is 18.2 Å². The number of ether oxygens (including phenoxy) is 1. The first-order valence-corrected chi connectivity index (χ1v) is 9.11. The lowest BCUT2D eigenvalue weighted by atomic mass is 10.0. The lowest BCUT2D eigenvalue weighted by molar-refractivity contribution is -0.191. The van der Waals surface area contributed by atoms with Gasteiger partial charge in [-0.25, -0.2) is 0 Å². The van der Waals surface area contributed by atoms with E-state index in [0.29, 0.717) is 0 Å². The highest BCUT2D eigenvalue weighted by Gasteiger charge is 2.39. The molecule has 1 atom stereocenters. The molecule has 8 nitrogen and oxygen atoms in total. The number of ketones is 1. The van der Waals surface area contributed by atoms with Crippen LogP contribution in [0.2, 0.25) is 0 Å². The maximum Gasteiger partial charge on any atom is 0.373 e. The fourth-order valence-corrected chi connectivity index (χ4v) is 3.02. The van der Waals surface area contributed by atoms with Gasteiger partial charge in [-0.3, -0.25) is 4.79 Å². The Hall–Kier alpha value is -3.42. The Kier molecular flexibility index (Phi) is 5.37. The Morgan fingerprint density at radius 1 is 1.18 bits per heavy atom. The minimum absolute atomic E-state index is 0.133. The lowest BCUT2D eigenvalue weighted by Crippen LogP contribution is -2.16. The largest absolute Gasteiger partial charge is 0.460 e. The summed E-state index contributed by atoms with van der Waals surface area (Å²) in [5.41, 5.74) is 3.48. The van der Waals surface area contributed by atoms with Gasteiger partial charge >= 0.3 is 16.3 Å². The maximum absolute atomic E-state index is 12.7. The molecule has 0 saturated carbocycles. The van der Waals surface area contributed by atoms with Gasteiger partial charge in [0.05, 0.1) is 4.11 Å². The van der Waals surface area contributed by atoms with Crippen LogP contribution in [0.15, 0.2) is 66.2 Å². The Balaban J connectivity index is 0.00000107. The quantitative estimate of drug-likeness (QED) is 0.743. The van der Waals surface area contributed by atoms with Crippen LogP contribution < -0.4 is 5.73 Å². The van der Waals surface area contributed by atoms with E-state index in [9.17, 15) is 13.2 Å². The van der Waals surface area contributed by atoms with Gasteiger partial charge in [0.15, 0.2) is 6.08 Å². The highest BCUT2D eigenvalue weighted by molar-refractivity contribution is 7.86. The van der Waals surface area contributed by atoms with Crippen molar-refractivity contribution in [2.24, 2.45) is 5.73 Å². The fourth-order valence-electron chi connectivity index (χ4n) is 2.17. The molecule has 0 radical (unpaired) electrons. The van der Waals surface area contributed by atoms with Crippen molar-refractivity contribution in [3.63, 3.8) is 0 Å². The predicted octanol–water partition coefficient (Wildman–Crippen LogP) is 1.73. The van der Waals surface area contributed by atoms with E-state index in [2.05, 4.69) is 0 Å². The number of carbonyl (C=O) groups excluding carboxylic acids is 3. The van der Waals surface area contributed by atoms with E-state index in [0.717, 1.165) is 5.56 Å². The van der Waals surface area contributed by atoms with Crippen LogP contribution in [0, 0.1) is 6.92 Å². The van der Waals surface area contributed by atoms with Crippen LogP contribution >= 0.6 is 0 Å². The highest BCUT2D eigenvalue weighted by atomic mass is 32.2. The van der Waals surface area contributed by atoms with Gasteiger partial charge in [0.25, 0.3) is 0 Å². The number of aryl methyl sites for hydroxylation is 1. The summed E-state index contributed by atoms with van der Waals surface area (Å²) in [7, 11) is -4.99. The van der Waals surface area contributed by atoms with Crippen molar-refractivity contribution in [3.05, 3.63) is 82.9 Å². The molecule has 1 unspecified atom stereocenters. The molecule has 1 aliphatic heterocycles. The van der Waals surface area contributed by atoms with Crippen molar-refractivity contribution < 1.29 is 35.8 Å². The van der Waals surface area contributed by atoms with Crippen LogP contribution in [0.25, 0.3) is 0 Å². The van der Waals surface area contributed by atoms with Gasteiger partial charge < -0.3 is 14.7 Å². The third kappa shape index (κ3) is 5.29. The second-order valence-corrected chi connectivity index (χ2v) is 6.69. The van der Waals surface area contributed by atoms with Crippen molar-refractivity contribution in [1.82, 2.24) is 0 Å². The Morgan fingerprint density at radius 2 is 1.75 bits per heavy atom. The number of hydrogen-bond acceptors (Lipinski definition) is 8. The number of benzene rings is 2. The molecular formula is C19H17NO7S. The molecule has 0 spiro atoms. The zero-order valence-corrected chi connectivity index (χ0v) is 15.4. The third-order valence-electron chi connectivity index (χ3n) is 3.37. The van der Waals surface area contributed by atoms with Crippen molar-refractivity contribution in [3.8, 4) is 0 Å². The van der Waals surface area contributed by atoms with Gasteiger partial charge in [0.2, 0.25) is 17.4 Å². The number of carbonyl (C=O) groups is 1. The molecule has 2 aromatic carbocycles. The van der Waals surface area contributed by atoms with E-state index in [4.69, 9.17) is 28.4 Å². The van der Waals surface area contributed by atoms with Gasteiger partial charge in [-0.2, -0.15) is 18.0 Å². The first-order chi connectivity index (χ1) is 14.4. The van der Waals surface area contributed by atoms with Gasteiger partial charge in [0, 0.05) is 5.56 Å². The highest BCUT2D eigenvalue weighted by Crippen LogP contribution is 2.32. The second-order valence-electron chi connectivity index (χ2n) is 5.41. The van der Waals surface area contributed by atoms with Gasteiger partial charge in [-0.1, -0.05) is 60.2 Å². The summed E-state index contributed by atoms with van der Waals surface area (Å²) in [5, 5.41) is 0. The second kappa shape index (κ2) is 8.98. The SMILES string of the molecule is O=C=O.[2H]C1(c2ccc(C)cc2)OC(N)=C(OS(=O)(=O)C([2H])([2H])c2ccccc2)C1=O. The Labute approximate surface area is 165 Å². The molecule has 146 valence electrons. The van der Waals surface area contributed by atoms with Crippen LogP contribution in [-0.4, -0.2) is 20.4 Å². The van der Waals surface area contributed by atoms with E-state index < -0.39 is 39.3 Å². The first-order valence-electron chi connectivity index (χ1n) is 9.20. The van der Waals surface area contributed by atoms with Crippen molar-refractivity contribution in [2.45, 2.75) is 18.7 Å². The number of nitrogens with two attached hydrogens (primary N) is 1. The molecule has 0 aliphatic carbocycles. The van der Waals surface area contributed by atoms with Gasteiger partial charge in [0.1, 0.15) is 5.70 Å². The molecule has 2 aromatic rings. The summed E-state index contributed by atoms with van der Waals surface area (Å²) in [4.78, 5) is 29.0.